The third kappa shape index (κ3) is 16.5. The van der Waals surface area contributed by atoms with Gasteiger partial charge in [-0.3, -0.25) is 0 Å². The van der Waals surface area contributed by atoms with Crippen molar-refractivity contribution in [1.82, 2.24) is 4.57 Å². The summed E-state index contributed by atoms with van der Waals surface area (Å²) in [5.74, 6) is 1.59. The summed E-state index contributed by atoms with van der Waals surface area (Å²) in [6.45, 7) is 9.31. The maximum atomic E-state index is 2.58. The molecule has 1 heterocycles. The quantitative estimate of drug-likeness (QED) is 0.101. The van der Waals surface area contributed by atoms with Crippen molar-refractivity contribution >= 4 is 0 Å². The van der Waals surface area contributed by atoms with E-state index < -0.39 is 0 Å². The lowest BCUT2D eigenvalue weighted by Gasteiger charge is -2.06. The molecule has 0 spiro atoms. The van der Waals surface area contributed by atoms with E-state index in [0.717, 1.165) is 0 Å². The van der Waals surface area contributed by atoms with Crippen molar-refractivity contribution in [3.63, 3.8) is 0 Å². The summed E-state index contributed by atoms with van der Waals surface area (Å²) in [6.07, 6.45) is 37.2. The van der Waals surface area contributed by atoms with Crippen LogP contribution in [-0.2, 0) is 19.5 Å². The predicted octanol–water partition coefficient (Wildman–Crippen LogP) is 9.96. The van der Waals surface area contributed by atoms with Gasteiger partial charge in [-0.15, -0.1) is 0 Å². The SMILES string of the molecule is CCCCCCCCCCCCCCCc1n(CCCCCCCCCC)cc[n+]1CCC. The van der Waals surface area contributed by atoms with Gasteiger partial charge in [-0.2, -0.15) is 0 Å². The second-order valence-corrected chi connectivity index (χ2v) is 10.6. The van der Waals surface area contributed by atoms with Gasteiger partial charge >= 0.3 is 0 Å². The van der Waals surface area contributed by atoms with Gasteiger partial charge in [0.15, 0.2) is 0 Å². The molecule has 1 aromatic rings. The molecular weight excluding hydrogens is 400 g/mol. The minimum absolute atomic E-state index is 1.18. The highest BCUT2D eigenvalue weighted by atomic mass is 15.1. The van der Waals surface area contributed by atoms with Crippen LogP contribution in [0, 0.1) is 0 Å². The van der Waals surface area contributed by atoms with Crippen LogP contribution in [0.3, 0.4) is 0 Å². The molecule has 0 radical (unpaired) electrons. The lowest BCUT2D eigenvalue weighted by Crippen LogP contribution is -2.37. The molecule has 0 aromatic carbocycles. The van der Waals surface area contributed by atoms with E-state index in [1.165, 1.54) is 161 Å². The molecule has 0 aliphatic heterocycles. The lowest BCUT2D eigenvalue weighted by atomic mass is 10.0. The van der Waals surface area contributed by atoms with Gasteiger partial charge in [0.05, 0.1) is 13.1 Å². The summed E-state index contributed by atoms with van der Waals surface area (Å²) in [4.78, 5) is 0. The van der Waals surface area contributed by atoms with Gasteiger partial charge in [0, 0.05) is 6.42 Å². The van der Waals surface area contributed by atoms with Crippen LogP contribution in [0.2, 0.25) is 0 Å². The molecule has 0 N–H and O–H groups in total. The van der Waals surface area contributed by atoms with Crippen molar-refractivity contribution in [3.05, 3.63) is 18.2 Å². The zero-order valence-electron chi connectivity index (χ0n) is 23.2. The van der Waals surface area contributed by atoms with Crippen LogP contribution in [0.4, 0.5) is 0 Å². The molecule has 2 heteroatoms. The Morgan fingerprint density at radius 2 is 0.939 bits per heavy atom. The minimum Gasteiger partial charge on any atom is -0.234 e. The van der Waals surface area contributed by atoms with Crippen LogP contribution >= 0.6 is 0 Å². The average molecular weight is 462 g/mol. The molecule has 0 saturated carbocycles. The van der Waals surface area contributed by atoms with Crippen molar-refractivity contribution in [2.75, 3.05) is 0 Å². The number of rotatable bonds is 25. The first-order valence-corrected chi connectivity index (χ1v) is 15.4. The first-order valence-electron chi connectivity index (χ1n) is 15.4. The highest BCUT2D eigenvalue weighted by Gasteiger charge is 2.15. The number of hydrogen-bond donors (Lipinski definition) is 0. The maximum Gasteiger partial charge on any atom is 0.256 e. The van der Waals surface area contributed by atoms with Gasteiger partial charge < -0.3 is 0 Å². The standard InChI is InChI=1S/C31H61N2/c1-4-7-9-11-13-15-16-17-18-19-20-22-24-26-31-32(27-6-3)29-30-33(31)28-25-23-21-14-12-10-8-5-2/h29-30H,4-28H2,1-3H3/q+1. The van der Waals surface area contributed by atoms with Crippen LogP contribution in [0.25, 0.3) is 0 Å². The number of unbranched alkanes of at least 4 members (excludes halogenated alkanes) is 19. The van der Waals surface area contributed by atoms with Crippen LogP contribution in [0.15, 0.2) is 12.4 Å². The molecule has 0 fully saturated rings. The topological polar surface area (TPSA) is 8.81 Å². The fourth-order valence-corrected chi connectivity index (χ4v) is 5.15. The monoisotopic (exact) mass is 461 g/mol. The van der Waals surface area contributed by atoms with E-state index in [1.807, 2.05) is 0 Å². The van der Waals surface area contributed by atoms with Gasteiger partial charge in [0.25, 0.3) is 5.82 Å². The summed E-state index contributed by atoms with van der Waals surface area (Å²) in [6, 6.07) is 0. The molecule has 0 aliphatic rings. The van der Waals surface area contributed by atoms with E-state index >= 15 is 0 Å². The molecule has 0 aliphatic carbocycles. The number of hydrogen-bond acceptors (Lipinski definition) is 0. The second-order valence-electron chi connectivity index (χ2n) is 10.6. The van der Waals surface area contributed by atoms with Crippen molar-refractivity contribution < 1.29 is 4.57 Å². The highest BCUT2D eigenvalue weighted by molar-refractivity contribution is 4.84. The molecule has 1 aromatic heterocycles. The van der Waals surface area contributed by atoms with Crippen LogP contribution < -0.4 is 4.57 Å². The van der Waals surface area contributed by atoms with E-state index in [-0.39, 0.29) is 0 Å². The minimum atomic E-state index is 1.18. The van der Waals surface area contributed by atoms with Gasteiger partial charge in [0.1, 0.15) is 12.4 Å². The van der Waals surface area contributed by atoms with Gasteiger partial charge in [-0.25, -0.2) is 9.13 Å². The summed E-state index contributed by atoms with van der Waals surface area (Å²) < 4.78 is 5.11. The molecule has 1 rings (SSSR count). The molecule has 0 saturated heterocycles. The fourth-order valence-electron chi connectivity index (χ4n) is 5.15. The van der Waals surface area contributed by atoms with Crippen LogP contribution in [0.5, 0.6) is 0 Å². The Morgan fingerprint density at radius 1 is 0.515 bits per heavy atom. The normalized spacial score (nSPS) is 11.5. The van der Waals surface area contributed by atoms with Crippen molar-refractivity contribution in [2.24, 2.45) is 0 Å². The fraction of sp³-hybridized carbons (Fsp3) is 0.903. The lowest BCUT2D eigenvalue weighted by molar-refractivity contribution is -0.703. The Kier molecular flexibility index (Phi) is 21.1. The maximum absolute atomic E-state index is 2.58. The summed E-state index contributed by atoms with van der Waals surface area (Å²) in [5, 5.41) is 0. The van der Waals surface area contributed by atoms with Crippen molar-refractivity contribution in [1.29, 1.82) is 0 Å². The van der Waals surface area contributed by atoms with Crippen molar-refractivity contribution in [3.8, 4) is 0 Å². The van der Waals surface area contributed by atoms with Gasteiger partial charge in [0.2, 0.25) is 0 Å². The number of imidazole rings is 1. The second kappa shape index (κ2) is 23.0. The molecule has 0 atom stereocenters. The summed E-state index contributed by atoms with van der Waals surface area (Å²) >= 11 is 0. The van der Waals surface area contributed by atoms with Crippen LogP contribution in [-0.4, -0.2) is 4.57 Å². The molecule has 33 heavy (non-hydrogen) atoms. The first kappa shape index (κ1) is 30.2. The Morgan fingerprint density at radius 3 is 1.39 bits per heavy atom. The van der Waals surface area contributed by atoms with E-state index in [9.17, 15) is 0 Å². The number of aryl methyl sites for hydroxylation is 2. The zero-order chi connectivity index (χ0) is 23.8. The molecule has 2 nitrogen and oxygen atoms in total. The largest absolute Gasteiger partial charge is 0.256 e. The smallest absolute Gasteiger partial charge is 0.234 e. The highest BCUT2D eigenvalue weighted by Crippen LogP contribution is 2.14. The Hall–Kier alpha value is -0.790. The van der Waals surface area contributed by atoms with Gasteiger partial charge in [-0.1, -0.05) is 136 Å². The first-order chi connectivity index (χ1) is 16.3. The molecule has 0 bridgehead atoms. The van der Waals surface area contributed by atoms with E-state index in [0.29, 0.717) is 0 Å². The molecule has 0 amide bonds. The van der Waals surface area contributed by atoms with E-state index in [2.05, 4.69) is 42.3 Å². The third-order valence-corrected chi connectivity index (χ3v) is 7.31. The van der Waals surface area contributed by atoms with Crippen LogP contribution in [0.1, 0.15) is 168 Å². The predicted molar refractivity (Wildman–Crippen MR) is 147 cm³/mol. The van der Waals surface area contributed by atoms with E-state index in [1.54, 1.807) is 5.82 Å². The number of aromatic nitrogens is 2. The Labute approximate surface area is 208 Å². The van der Waals surface area contributed by atoms with Gasteiger partial charge in [-0.05, 0) is 25.7 Å². The van der Waals surface area contributed by atoms with Crippen molar-refractivity contribution in [2.45, 2.75) is 182 Å². The Bertz CT molecular complexity index is 519. The third-order valence-electron chi connectivity index (χ3n) is 7.31. The van der Waals surface area contributed by atoms with E-state index in [4.69, 9.17) is 0 Å². The molecular formula is C31H61N2+. The molecule has 0 unspecified atom stereocenters. The summed E-state index contributed by atoms with van der Waals surface area (Å²) in [7, 11) is 0. The zero-order valence-corrected chi connectivity index (χ0v) is 23.2. The summed E-state index contributed by atoms with van der Waals surface area (Å²) in [5.41, 5.74) is 0. The molecule has 194 valence electrons. The number of nitrogens with zero attached hydrogens (tertiary/aromatic N) is 2. The Balaban J connectivity index is 2.12. The average Bonchev–Trinajstić information content (AvgIpc) is 3.20.